The van der Waals surface area contributed by atoms with E-state index < -0.39 is 12.4 Å². The normalized spacial score (nSPS) is 49.2. The molecule has 1 aliphatic rings. The van der Waals surface area contributed by atoms with Crippen molar-refractivity contribution in [3.05, 3.63) is 0 Å². The average molecular weight is 147 g/mol. The fourth-order valence-corrected chi connectivity index (χ4v) is 1.11. The van der Waals surface area contributed by atoms with Crippen LogP contribution in [0.15, 0.2) is 0 Å². The minimum Gasteiger partial charge on any atom is -0.386 e. The molecule has 3 unspecified atom stereocenters. The quantitative estimate of drug-likeness (QED) is 0.402. The average Bonchev–Trinajstić information content (AvgIpc) is 1.82. The highest BCUT2D eigenvalue weighted by Crippen LogP contribution is 2.16. The van der Waals surface area contributed by atoms with Crippen molar-refractivity contribution in [3.63, 3.8) is 0 Å². The van der Waals surface area contributed by atoms with Crippen LogP contribution in [-0.4, -0.2) is 34.8 Å². The highest BCUT2D eigenvalue weighted by atomic mass is 16.6. The van der Waals surface area contributed by atoms with Crippen LogP contribution in [0, 0.1) is 0 Å². The first-order valence-corrected chi connectivity index (χ1v) is 3.38. The number of nitrogens with two attached hydrogens (primary N) is 1. The summed E-state index contributed by atoms with van der Waals surface area (Å²) in [6.07, 6.45) is -1.51. The number of rotatable bonds is 0. The van der Waals surface area contributed by atoms with Crippen molar-refractivity contribution in [2.24, 2.45) is 5.73 Å². The van der Waals surface area contributed by atoms with E-state index >= 15 is 0 Å². The van der Waals surface area contributed by atoms with Gasteiger partial charge < -0.3 is 20.7 Å². The summed E-state index contributed by atoms with van der Waals surface area (Å²) in [7, 11) is 0. The van der Waals surface area contributed by atoms with Crippen molar-refractivity contribution in [2.75, 3.05) is 0 Å². The molecular formula is C6H13NO3. The Balaban J connectivity index is 2.49. The van der Waals surface area contributed by atoms with E-state index in [-0.39, 0.29) is 12.1 Å². The fraction of sp³-hybridized carbons (Fsp3) is 1.00. The van der Waals surface area contributed by atoms with E-state index in [4.69, 9.17) is 20.7 Å². The summed E-state index contributed by atoms with van der Waals surface area (Å²) in [5.74, 6) is 0. The van der Waals surface area contributed by atoms with Gasteiger partial charge in [0.1, 0.15) is 6.10 Å². The molecule has 1 saturated heterocycles. The molecule has 0 spiro atoms. The lowest BCUT2D eigenvalue weighted by atomic mass is 10.0. The van der Waals surface area contributed by atoms with Gasteiger partial charge in [-0.05, 0) is 13.3 Å². The van der Waals surface area contributed by atoms with Crippen LogP contribution < -0.4 is 5.73 Å². The Hall–Kier alpha value is -0.160. The highest BCUT2D eigenvalue weighted by molar-refractivity contribution is 4.81. The van der Waals surface area contributed by atoms with Gasteiger partial charge in [0.05, 0.1) is 6.10 Å². The Labute approximate surface area is 59.6 Å². The van der Waals surface area contributed by atoms with Crippen molar-refractivity contribution in [2.45, 2.75) is 37.9 Å². The van der Waals surface area contributed by atoms with Crippen LogP contribution in [0.3, 0.4) is 0 Å². The smallest absolute Gasteiger partial charge is 0.182 e. The van der Waals surface area contributed by atoms with Crippen LogP contribution in [0.1, 0.15) is 13.3 Å². The Morgan fingerprint density at radius 3 is 2.60 bits per heavy atom. The topological polar surface area (TPSA) is 75.7 Å². The first kappa shape index (κ1) is 7.94. The van der Waals surface area contributed by atoms with Gasteiger partial charge in [0, 0.05) is 6.04 Å². The van der Waals surface area contributed by atoms with Gasteiger partial charge in [0.2, 0.25) is 0 Å². The van der Waals surface area contributed by atoms with Crippen molar-refractivity contribution in [1.82, 2.24) is 0 Å². The van der Waals surface area contributed by atoms with Gasteiger partial charge in [-0.3, -0.25) is 0 Å². The molecule has 0 aromatic rings. The highest BCUT2D eigenvalue weighted by Gasteiger charge is 2.32. The zero-order valence-corrected chi connectivity index (χ0v) is 5.90. The number of aliphatic hydroxyl groups excluding tert-OH is 2. The van der Waals surface area contributed by atoms with Crippen LogP contribution >= 0.6 is 0 Å². The molecule has 1 fully saturated rings. The summed E-state index contributed by atoms with van der Waals surface area (Å²) in [5, 5.41) is 18.0. The summed E-state index contributed by atoms with van der Waals surface area (Å²) >= 11 is 0. The largest absolute Gasteiger partial charge is 0.386 e. The van der Waals surface area contributed by atoms with Crippen molar-refractivity contribution < 1.29 is 14.9 Å². The molecule has 1 aliphatic heterocycles. The predicted octanol–water partition coefficient (Wildman–Crippen LogP) is -1.20. The molecule has 10 heavy (non-hydrogen) atoms. The van der Waals surface area contributed by atoms with Gasteiger partial charge in [-0.15, -0.1) is 0 Å². The molecule has 1 heterocycles. The second-order valence-corrected chi connectivity index (χ2v) is 2.73. The monoisotopic (exact) mass is 147 g/mol. The Morgan fingerprint density at radius 2 is 2.10 bits per heavy atom. The second kappa shape index (κ2) is 2.84. The fourth-order valence-electron chi connectivity index (χ4n) is 1.11. The molecule has 0 saturated carbocycles. The third-order valence-electron chi connectivity index (χ3n) is 1.71. The standard InChI is InChI=1S/C6H13NO3/c1-3-2-4(7)5(8)6(9)10-3/h3-6,8-9H,2,7H2,1H3/t3?,4?,5-,6?/m1/s1. The van der Waals surface area contributed by atoms with Crippen LogP contribution in [0.25, 0.3) is 0 Å². The maximum Gasteiger partial charge on any atom is 0.182 e. The summed E-state index contributed by atoms with van der Waals surface area (Å²) in [4.78, 5) is 0. The Bertz CT molecular complexity index is 108. The predicted molar refractivity (Wildman–Crippen MR) is 35.2 cm³/mol. The minimum absolute atomic E-state index is 0.0617. The molecule has 4 atom stereocenters. The molecule has 4 N–H and O–H groups in total. The van der Waals surface area contributed by atoms with Crippen molar-refractivity contribution >= 4 is 0 Å². The van der Waals surface area contributed by atoms with E-state index in [1.54, 1.807) is 0 Å². The Kier molecular flexibility index (Phi) is 2.25. The van der Waals surface area contributed by atoms with Gasteiger partial charge >= 0.3 is 0 Å². The van der Waals surface area contributed by atoms with Crippen molar-refractivity contribution in [1.29, 1.82) is 0 Å². The van der Waals surface area contributed by atoms with E-state index in [2.05, 4.69) is 0 Å². The summed E-state index contributed by atoms with van der Waals surface area (Å²) in [6, 6.07) is -0.362. The summed E-state index contributed by atoms with van der Waals surface area (Å²) in [5.41, 5.74) is 5.47. The van der Waals surface area contributed by atoms with E-state index in [9.17, 15) is 0 Å². The first-order chi connectivity index (χ1) is 4.61. The van der Waals surface area contributed by atoms with E-state index in [1.165, 1.54) is 0 Å². The number of aliphatic hydroxyl groups is 2. The van der Waals surface area contributed by atoms with Gasteiger partial charge in [-0.2, -0.15) is 0 Å². The maximum absolute atomic E-state index is 9.06. The van der Waals surface area contributed by atoms with Crippen LogP contribution in [0.5, 0.6) is 0 Å². The third kappa shape index (κ3) is 1.46. The summed E-state index contributed by atoms with van der Waals surface area (Å²) in [6.45, 7) is 1.81. The zero-order chi connectivity index (χ0) is 7.72. The second-order valence-electron chi connectivity index (χ2n) is 2.73. The van der Waals surface area contributed by atoms with E-state index in [1.807, 2.05) is 6.92 Å². The molecule has 4 nitrogen and oxygen atoms in total. The lowest BCUT2D eigenvalue weighted by Gasteiger charge is -2.33. The van der Waals surface area contributed by atoms with E-state index in [0.717, 1.165) is 0 Å². The van der Waals surface area contributed by atoms with Crippen LogP contribution in [-0.2, 0) is 4.74 Å². The SMILES string of the molecule is CC1CC(N)[C@@H](O)C(O)O1. The molecule has 1 rings (SSSR count). The van der Waals surface area contributed by atoms with Gasteiger partial charge in [0.15, 0.2) is 6.29 Å². The zero-order valence-electron chi connectivity index (χ0n) is 5.90. The molecule has 4 heteroatoms. The minimum atomic E-state index is -1.11. The lowest BCUT2D eigenvalue weighted by molar-refractivity contribution is -0.216. The number of hydrogen-bond donors (Lipinski definition) is 3. The molecule has 0 bridgehead atoms. The van der Waals surface area contributed by atoms with Crippen LogP contribution in [0.2, 0.25) is 0 Å². The molecule has 0 radical (unpaired) electrons. The van der Waals surface area contributed by atoms with Crippen molar-refractivity contribution in [3.8, 4) is 0 Å². The number of hydrogen-bond acceptors (Lipinski definition) is 4. The number of ether oxygens (including phenoxy) is 1. The molecule has 0 aliphatic carbocycles. The lowest BCUT2D eigenvalue weighted by Crippen LogP contribution is -2.51. The molecule has 0 aromatic carbocycles. The molecule has 0 aromatic heterocycles. The maximum atomic E-state index is 9.06. The van der Waals surface area contributed by atoms with Gasteiger partial charge in [-0.25, -0.2) is 0 Å². The van der Waals surface area contributed by atoms with Crippen LogP contribution in [0.4, 0.5) is 0 Å². The third-order valence-corrected chi connectivity index (χ3v) is 1.71. The molecule has 0 amide bonds. The van der Waals surface area contributed by atoms with E-state index in [0.29, 0.717) is 6.42 Å². The van der Waals surface area contributed by atoms with Gasteiger partial charge in [-0.1, -0.05) is 0 Å². The molecule has 60 valence electrons. The molecular weight excluding hydrogens is 134 g/mol. The van der Waals surface area contributed by atoms with Gasteiger partial charge in [0.25, 0.3) is 0 Å². The summed E-state index contributed by atoms with van der Waals surface area (Å²) < 4.78 is 4.89. The Morgan fingerprint density at radius 1 is 1.50 bits per heavy atom. The first-order valence-electron chi connectivity index (χ1n) is 3.38.